The number of alkyl halides is 3. The van der Waals surface area contributed by atoms with Crippen LogP contribution >= 0.6 is 22.6 Å². The van der Waals surface area contributed by atoms with Gasteiger partial charge >= 0.3 is 11.9 Å². The Labute approximate surface area is 160 Å². The van der Waals surface area contributed by atoms with Crippen molar-refractivity contribution < 1.29 is 18.0 Å². The molecule has 26 heavy (non-hydrogen) atoms. The summed E-state index contributed by atoms with van der Waals surface area (Å²) in [5.41, 5.74) is -0.194. The van der Waals surface area contributed by atoms with E-state index in [0.29, 0.717) is 36.1 Å². The number of aromatic nitrogens is 3. The molecule has 0 aliphatic carbocycles. The van der Waals surface area contributed by atoms with E-state index in [1.807, 2.05) is 12.1 Å². The summed E-state index contributed by atoms with van der Waals surface area (Å²) in [5, 5.41) is 3.48. The summed E-state index contributed by atoms with van der Waals surface area (Å²) >= 11 is 2.09. The minimum absolute atomic E-state index is 0.113. The maximum Gasteiger partial charge on any atom is 0.451 e. The Morgan fingerprint density at radius 2 is 1.85 bits per heavy atom. The maximum atomic E-state index is 12.9. The minimum atomic E-state index is -4.68. The monoisotopic (exact) mass is 480 g/mol. The lowest BCUT2D eigenvalue weighted by atomic mass is 10.0. The number of carbonyl (C=O) groups excluding carboxylic acids is 1. The number of hydrogen-bond acceptors (Lipinski definition) is 3. The minimum Gasteiger partial charge on any atom is -0.338 e. The van der Waals surface area contributed by atoms with Crippen LogP contribution in [0.25, 0.3) is 0 Å². The Kier molecular flexibility index (Phi) is 5.13. The maximum absolute atomic E-state index is 12.9. The van der Waals surface area contributed by atoms with Crippen molar-refractivity contribution >= 4 is 28.5 Å². The number of benzene rings is 1. The third kappa shape index (κ3) is 3.51. The summed E-state index contributed by atoms with van der Waals surface area (Å²) in [6.07, 6.45) is -3.92. The van der Waals surface area contributed by atoms with E-state index in [4.69, 9.17) is 0 Å². The van der Waals surface area contributed by atoms with Crippen molar-refractivity contribution in [3.63, 3.8) is 0 Å². The second-order valence-electron chi connectivity index (χ2n) is 6.11. The van der Waals surface area contributed by atoms with Gasteiger partial charge in [0.15, 0.2) is 0 Å². The zero-order chi connectivity index (χ0) is 19.1. The zero-order valence-corrected chi connectivity index (χ0v) is 16.0. The van der Waals surface area contributed by atoms with Gasteiger partial charge in [-0.25, -0.2) is 9.48 Å². The predicted molar refractivity (Wildman–Crippen MR) is 95.8 cm³/mol. The van der Waals surface area contributed by atoms with Crippen molar-refractivity contribution in [2.75, 3.05) is 13.1 Å². The van der Waals surface area contributed by atoms with Gasteiger partial charge in [0.05, 0.1) is 11.6 Å². The van der Waals surface area contributed by atoms with Crippen molar-refractivity contribution in [2.45, 2.75) is 25.1 Å². The molecule has 2 heterocycles. The van der Waals surface area contributed by atoms with E-state index in [1.54, 1.807) is 17.0 Å². The number of rotatable bonds is 2. The highest BCUT2D eigenvalue weighted by molar-refractivity contribution is 14.1. The van der Waals surface area contributed by atoms with Gasteiger partial charge in [-0.15, -0.1) is 5.10 Å². The van der Waals surface area contributed by atoms with Crippen LogP contribution < -0.4 is 5.69 Å². The van der Waals surface area contributed by atoms with E-state index in [0.717, 1.165) is 15.3 Å². The molecule has 0 spiro atoms. The Balaban J connectivity index is 1.75. The van der Waals surface area contributed by atoms with Gasteiger partial charge in [-0.1, -0.05) is 12.1 Å². The highest BCUT2D eigenvalue weighted by atomic mass is 127. The van der Waals surface area contributed by atoms with Crippen LogP contribution in [-0.4, -0.2) is 38.2 Å². The standard InChI is InChI=1S/C16H16F3IN4O2/c1-22-14(16(17,18)19)21-24(15(22)26)10-6-8-23(9-7-10)13(25)11-4-2-3-5-12(11)20/h2-5,10H,6-9H2,1H3. The van der Waals surface area contributed by atoms with Crippen molar-refractivity contribution in [3.8, 4) is 0 Å². The highest BCUT2D eigenvalue weighted by Gasteiger charge is 2.39. The molecule has 140 valence electrons. The Bertz CT molecular complexity index is 882. The SMILES string of the molecule is Cn1c(C(F)(F)F)nn(C2CCN(C(=O)c3ccccc3I)CC2)c1=O. The number of carbonyl (C=O) groups is 1. The third-order valence-electron chi connectivity index (χ3n) is 4.46. The van der Waals surface area contributed by atoms with Crippen molar-refractivity contribution in [1.82, 2.24) is 19.2 Å². The molecule has 1 aliphatic rings. The normalized spacial score (nSPS) is 16.1. The first kappa shape index (κ1) is 18.9. The lowest BCUT2D eigenvalue weighted by Gasteiger charge is -2.31. The molecule has 0 N–H and O–H groups in total. The van der Waals surface area contributed by atoms with Crippen molar-refractivity contribution in [1.29, 1.82) is 0 Å². The number of amides is 1. The molecule has 10 heteroatoms. The van der Waals surface area contributed by atoms with Gasteiger partial charge in [0.25, 0.3) is 5.91 Å². The van der Waals surface area contributed by atoms with E-state index >= 15 is 0 Å². The number of hydrogen-bond donors (Lipinski definition) is 0. The van der Waals surface area contributed by atoms with E-state index < -0.39 is 23.7 Å². The summed E-state index contributed by atoms with van der Waals surface area (Å²) < 4.78 is 41.0. The number of nitrogens with zero attached hydrogens (tertiary/aromatic N) is 4. The molecule has 3 rings (SSSR count). The first-order valence-electron chi connectivity index (χ1n) is 7.96. The molecule has 0 saturated carbocycles. The molecular weight excluding hydrogens is 464 g/mol. The topological polar surface area (TPSA) is 60.1 Å². The van der Waals surface area contributed by atoms with Crippen LogP contribution in [-0.2, 0) is 13.2 Å². The van der Waals surface area contributed by atoms with E-state index in [1.165, 1.54) is 0 Å². The van der Waals surface area contributed by atoms with E-state index in [2.05, 4.69) is 27.7 Å². The van der Waals surface area contributed by atoms with Crippen LogP contribution in [0.15, 0.2) is 29.1 Å². The third-order valence-corrected chi connectivity index (χ3v) is 5.40. The smallest absolute Gasteiger partial charge is 0.338 e. The molecule has 2 aromatic rings. The summed E-state index contributed by atoms with van der Waals surface area (Å²) in [5.74, 6) is -1.32. The Morgan fingerprint density at radius 3 is 2.38 bits per heavy atom. The Hall–Kier alpha value is -1.85. The van der Waals surface area contributed by atoms with E-state index in [-0.39, 0.29) is 5.91 Å². The van der Waals surface area contributed by atoms with Gasteiger partial charge in [0.2, 0.25) is 5.82 Å². The lowest BCUT2D eigenvalue weighted by Crippen LogP contribution is -2.41. The van der Waals surface area contributed by atoms with Crippen LogP contribution in [0.1, 0.15) is 35.1 Å². The molecule has 1 aromatic carbocycles. The number of halogens is 4. The number of likely N-dealkylation sites (tertiary alicyclic amines) is 1. The number of piperidine rings is 1. The molecule has 6 nitrogen and oxygen atoms in total. The van der Waals surface area contributed by atoms with Gasteiger partial charge in [-0.2, -0.15) is 13.2 Å². The fraction of sp³-hybridized carbons (Fsp3) is 0.438. The molecule has 0 radical (unpaired) electrons. The second-order valence-corrected chi connectivity index (χ2v) is 7.27. The highest BCUT2D eigenvalue weighted by Crippen LogP contribution is 2.28. The first-order valence-corrected chi connectivity index (χ1v) is 9.04. The van der Waals surface area contributed by atoms with Crippen molar-refractivity contribution in [2.24, 2.45) is 7.05 Å². The van der Waals surface area contributed by atoms with Crippen molar-refractivity contribution in [3.05, 3.63) is 49.7 Å². The van der Waals surface area contributed by atoms with Gasteiger partial charge in [-0.05, 0) is 47.6 Å². The molecule has 1 aliphatic heterocycles. The van der Waals surface area contributed by atoms with Gasteiger partial charge in [0, 0.05) is 23.7 Å². The second kappa shape index (κ2) is 7.05. The molecular formula is C16H16F3IN4O2. The molecule has 1 aromatic heterocycles. The van der Waals surface area contributed by atoms with Gasteiger partial charge in [-0.3, -0.25) is 9.36 Å². The molecule has 1 fully saturated rings. The van der Waals surface area contributed by atoms with Crippen LogP contribution in [0.2, 0.25) is 0 Å². The molecule has 0 unspecified atom stereocenters. The molecule has 0 bridgehead atoms. The Morgan fingerprint density at radius 1 is 1.23 bits per heavy atom. The molecule has 1 saturated heterocycles. The van der Waals surface area contributed by atoms with Gasteiger partial charge < -0.3 is 4.90 Å². The quantitative estimate of drug-likeness (QED) is 0.622. The van der Waals surface area contributed by atoms with Crippen LogP contribution in [0, 0.1) is 3.57 Å². The summed E-state index contributed by atoms with van der Waals surface area (Å²) in [6.45, 7) is 0.720. The summed E-state index contributed by atoms with van der Waals surface area (Å²) in [6, 6.07) is 6.76. The lowest BCUT2D eigenvalue weighted by molar-refractivity contribution is -0.147. The fourth-order valence-electron chi connectivity index (χ4n) is 3.06. The average Bonchev–Trinajstić information content (AvgIpc) is 2.90. The molecule has 1 amide bonds. The fourth-order valence-corrected chi connectivity index (χ4v) is 3.68. The zero-order valence-electron chi connectivity index (χ0n) is 13.8. The molecule has 0 atom stereocenters. The predicted octanol–water partition coefficient (Wildman–Crippen LogP) is 2.68. The van der Waals surface area contributed by atoms with Crippen LogP contribution in [0.5, 0.6) is 0 Å². The van der Waals surface area contributed by atoms with Crippen LogP contribution in [0.3, 0.4) is 0 Å². The largest absolute Gasteiger partial charge is 0.451 e. The summed E-state index contributed by atoms with van der Waals surface area (Å²) in [4.78, 5) is 26.4. The van der Waals surface area contributed by atoms with Gasteiger partial charge in [0.1, 0.15) is 0 Å². The summed E-state index contributed by atoms with van der Waals surface area (Å²) in [7, 11) is 1.06. The first-order chi connectivity index (χ1) is 12.2. The van der Waals surface area contributed by atoms with E-state index in [9.17, 15) is 22.8 Å². The average molecular weight is 480 g/mol. The van der Waals surface area contributed by atoms with Crippen LogP contribution in [0.4, 0.5) is 13.2 Å².